The van der Waals surface area contributed by atoms with Crippen molar-refractivity contribution in [2.24, 2.45) is 5.41 Å². The standard InChI is InChI=1S/C14H21N3O/c1-14(2,3)10-16-11-4-6-12(7-5-11)17-9-8-15-13(17)18/h4-7,16H,8-10H2,1-3H3,(H,15,18). The zero-order chi connectivity index (χ0) is 13.2. The number of nitrogens with zero attached hydrogens (tertiary/aromatic N) is 1. The minimum absolute atomic E-state index is 0.00889. The van der Waals surface area contributed by atoms with E-state index in [1.54, 1.807) is 4.90 Å². The summed E-state index contributed by atoms with van der Waals surface area (Å²) in [6, 6.07) is 8.00. The first-order chi connectivity index (χ1) is 8.46. The molecular weight excluding hydrogens is 226 g/mol. The van der Waals surface area contributed by atoms with Crippen molar-refractivity contribution in [2.45, 2.75) is 20.8 Å². The van der Waals surface area contributed by atoms with E-state index < -0.39 is 0 Å². The van der Waals surface area contributed by atoms with Gasteiger partial charge < -0.3 is 10.6 Å². The predicted octanol–water partition coefficient (Wildman–Crippen LogP) is 2.67. The van der Waals surface area contributed by atoms with Crippen molar-refractivity contribution in [3.8, 4) is 0 Å². The molecule has 1 aromatic rings. The molecule has 4 heteroatoms. The Hall–Kier alpha value is -1.71. The van der Waals surface area contributed by atoms with Gasteiger partial charge in [0.05, 0.1) is 0 Å². The normalized spacial score (nSPS) is 15.7. The van der Waals surface area contributed by atoms with Crippen molar-refractivity contribution in [1.82, 2.24) is 5.32 Å². The first kappa shape index (κ1) is 12.7. The first-order valence-corrected chi connectivity index (χ1v) is 6.35. The minimum Gasteiger partial charge on any atom is -0.385 e. The highest BCUT2D eigenvalue weighted by molar-refractivity contribution is 5.94. The van der Waals surface area contributed by atoms with Crippen molar-refractivity contribution < 1.29 is 4.79 Å². The fourth-order valence-corrected chi connectivity index (χ4v) is 1.84. The van der Waals surface area contributed by atoms with Crippen molar-refractivity contribution in [1.29, 1.82) is 0 Å². The van der Waals surface area contributed by atoms with E-state index >= 15 is 0 Å². The molecule has 1 aliphatic rings. The van der Waals surface area contributed by atoms with Gasteiger partial charge in [-0.25, -0.2) is 4.79 Å². The number of hydrogen-bond acceptors (Lipinski definition) is 2. The van der Waals surface area contributed by atoms with Gasteiger partial charge in [0.25, 0.3) is 0 Å². The predicted molar refractivity (Wildman–Crippen MR) is 75.1 cm³/mol. The number of rotatable bonds is 3. The van der Waals surface area contributed by atoms with E-state index in [0.717, 1.165) is 31.0 Å². The molecule has 2 rings (SSSR count). The molecule has 4 nitrogen and oxygen atoms in total. The second kappa shape index (κ2) is 4.88. The topological polar surface area (TPSA) is 44.4 Å². The number of amides is 2. The zero-order valence-electron chi connectivity index (χ0n) is 11.3. The molecule has 1 aromatic carbocycles. The summed E-state index contributed by atoms with van der Waals surface area (Å²) in [5, 5.41) is 6.19. The monoisotopic (exact) mass is 247 g/mol. The van der Waals surface area contributed by atoms with Crippen molar-refractivity contribution in [3.63, 3.8) is 0 Å². The van der Waals surface area contributed by atoms with E-state index in [0.29, 0.717) is 0 Å². The number of urea groups is 1. The first-order valence-electron chi connectivity index (χ1n) is 6.35. The highest BCUT2D eigenvalue weighted by Crippen LogP contribution is 2.21. The third-order valence-electron chi connectivity index (χ3n) is 2.86. The van der Waals surface area contributed by atoms with Crippen LogP contribution in [0.5, 0.6) is 0 Å². The van der Waals surface area contributed by atoms with Crippen molar-refractivity contribution in [3.05, 3.63) is 24.3 Å². The Bertz CT molecular complexity index is 420. The number of nitrogens with one attached hydrogen (secondary N) is 2. The largest absolute Gasteiger partial charge is 0.385 e. The summed E-state index contributed by atoms with van der Waals surface area (Å²) in [5.41, 5.74) is 2.30. The molecule has 2 amide bonds. The number of carbonyl (C=O) groups is 1. The fraction of sp³-hybridized carbons (Fsp3) is 0.500. The van der Waals surface area contributed by atoms with Crippen LogP contribution >= 0.6 is 0 Å². The van der Waals surface area contributed by atoms with Crippen molar-refractivity contribution in [2.75, 3.05) is 29.9 Å². The fourth-order valence-electron chi connectivity index (χ4n) is 1.84. The summed E-state index contributed by atoms with van der Waals surface area (Å²) in [5.74, 6) is 0. The van der Waals surface area contributed by atoms with Gasteiger partial charge in [-0.15, -0.1) is 0 Å². The van der Waals surface area contributed by atoms with Gasteiger partial charge >= 0.3 is 6.03 Å². The van der Waals surface area contributed by atoms with E-state index in [-0.39, 0.29) is 11.4 Å². The molecule has 0 radical (unpaired) electrons. The summed E-state index contributed by atoms with van der Waals surface area (Å²) in [7, 11) is 0. The van der Waals surface area contributed by atoms with Gasteiger partial charge in [-0.05, 0) is 29.7 Å². The molecule has 0 aliphatic carbocycles. The van der Waals surface area contributed by atoms with Crippen LogP contribution in [-0.2, 0) is 0 Å². The molecule has 0 unspecified atom stereocenters. The lowest BCUT2D eigenvalue weighted by atomic mass is 9.97. The quantitative estimate of drug-likeness (QED) is 0.862. The van der Waals surface area contributed by atoms with Gasteiger partial charge in [0.2, 0.25) is 0 Å². The Kier molecular flexibility index (Phi) is 3.45. The molecule has 18 heavy (non-hydrogen) atoms. The molecular formula is C14H21N3O. The van der Waals surface area contributed by atoms with Gasteiger partial charge in [0.15, 0.2) is 0 Å². The second-order valence-corrected chi connectivity index (χ2v) is 5.84. The van der Waals surface area contributed by atoms with Crippen LogP contribution in [-0.4, -0.2) is 25.7 Å². The Labute approximate surface area is 108 Å². The van der Waals surface area contributed by atoms with E-state index in [4.69, 9.17) is 0 Å². The molecule has 98 valence electrons. The molecule has 0 bridgehead atoms. The van der Waals surface area contributed by atoms with Crippen LogP contribution in [0.3, 0.4) is 0 Å². The Morgan fingerprint density at radius 3 is 2.44 bits per heavy atom. The smallest absolute Gasteiger partial charge is 0.321 e. The van der Waals surface area contributed by atoms with Gasteiger partial charge in [0, 0.05) is 31.0 Å². The van der Waals surface area contributed by atoms with Crippen LogP contribution in [0.4, 0.5) is 16.2 Å². The maximum absolute atomic E-state index is 11.5. The molecule has 0 spiro atoms. The Morgan fingerprint density at radius 2 is 1.94 bits per heavy atom. The summed E-state index contributed by atoms with van der Waals surface area (Å²) in [6.45, 7) is 8.99. The lowest BCUT2D eigenvalue weighted by Gasteiger charge is -2.20. The van der Waals surface area contributed by atoms with E-state index in [1.165, 1.54) is 0 Å². The average molecular weight is 247 g/mol. The third kappa shape index (κ3) is 3.15. The van der Waals surface area contributed by atoms with E-state index in [2.05, 4.69) is 31.4 Å². The summed E-state index contributed by atoms with van der Waals surface area (Å²) < 4.78 is 0. The SMILES string of the molecule is CC(C)(C)CNc1ccc(N2CCNC2=O)cc1. The molecule has 0 aromatic heterocycles. The van der Waals surface area contributed by atoms with Gasteiger partial charge in [-0.3, -0.25) is 4.90 Å². The maximum atomic E-state index is 11.5. The third-order valence-corrected chi connectivity index (χ3v) is 2.86. The van der Waals surface area contributed by atoms with Crippen molar-refractivity contribution >= 4 is 17.4 Å². The second-order valence-electron chi connectivity index (χ2n) is 5.84. The van der Waals surface area contributed by atoms with Gasteiger partial charge in [-0.1, -0.05) is 20.8 Å². The lowest BCUT2D eigenvalue weighted by molar-refractivity contribution is 0.252. The van der Waals surface area contributed by atoms with Crippen LogP contribution < -0.4 is 15.5 Å². The number of hydrogen-bond donors (Lipinski definition) is 2. The lowest BCUT2D eigenvalue weighted by Crippen LogP contribution is -2.27. The molecule has 1 heterocycles. The molecule has 1 fully saturated rings. The zero-order valence-corrected chi connectivity index (χ0v) is 11.3. The summed E-state index contributed by atoms with van der Waals surface area (Å²) in [4.78, 5) is 13.3. The van der Waals surface area contributed by atoms with Crippen LogP contribution in [0.25, 0.3) is 0 Å². The molecule has 1 aliphatic heterocycles. The van der Waals surface area contributed by atoms with Crippen LogP contribution in [0, 0.1) is 5.41 Å². The minimum atomic E-state index is -0.00889. The Balaban J connectivity index is 1.99. The number of anilines is 2. The number of carbonyl (C=O) groups excluding carboxylic acids is 1. The number of benzene rings is 1. The van der Waals surface area contributed by atoms with Crippen LogP contribution in [0.2, 0.25) is 0 Å². The average Bonchev–Trinajstić information content (AvgIpc) is 2.73. The molecule has 1 saturated heterocycles. The molecule has 0 atom stereocenters. The van der Waals surface area contributed by atoms with Gasteiger partial charge in [0.1, 0.15) is 0 Å². The molecule has 2 N–H and O–H groups in total. The van der Waals surface area contributed by atoms with E-state index in [1.807, 2.05) is 24.3 Å². The van der Waals surface area contributed by atoms with Crippen LogP contribution in [0.1, 0.15) is 20.8 Å². The van der Waals surface area contributed by atoms with Gasteiger partial charge in [-0.2, -0.15) is 0 Å². The maximum Gasteiger partial charge on any atom is 0.321 e. The summed E-state index contributed by atoms with van der Waals surface area (Å²) >= 11 is 0. The van der Waals surface area contributed by atoms with Crippen LogP contribution in [0.15, 0.2) is 24.3 Å². The highest BCUT2D eigenvalue weighted by Gasteiger charge is 2.20. The summed E-state index contributed by atoms with van der Waals surface area (Å²) in [6.07, 6.45) is 0. The Morgan fingerprint density at radius 1 is 1.28 bits per heavy atom. The molecule has 0 saturated carbocycles. The van der Waals surface area contributed by atoms with E-state index in [9.17, 15) is 4.79 Å². The highest BCUT2D eigenvalue weighted by atomic mass is 16.2.